The molecule has 2 rings (SSSR count). The summed E-state index contributed by atoms with van der Waals surface area (Å²) in [4.78, 5) is 13.4. The van der Waals surface area contributed by atoms with Gasteiger partial charge in [0.25, 0.3) is 0 Å². The molecule has 2 nitrogen and oxygen atoms in total. The van der Waals surface area contributed by atoms with Gasteiger partial charge >= 0.3 is 0 Å². The van der Waals surface area contributed by atoms with Crippen LogP contribution in [0.25, 0.3) is 0 Å². The quantitative estimate of drug-likeness (QED) is 0.775. The van der Waals surface area contributed by atoms with Gasteiger partial charge in [0.1, 0.15) is 0 Å². The number of carbonyl (C=O) groups excluding carboxylic acids is 1. The lowest BCUT2D eigenvalue weighted by Crippen LogP contribution is -2.39. The fourth-order valence-corrected chi connectivity index (χ4v) is 3.10. The molecule has 0 aromatic heterocycles. The molecule has 17 heavy (non-hydrogen) atoms. The summed E-state index contributed by atoms with van der Waals surface area (Å²) in [6.45, 7) is 6.64. The van der Waals surface area contributed by atoms with Gasteiger partial charge < -0.3 is 4.90 Å². The molecule has 1 aliphatic heterocycles. The molecule has 0 N–H and O–H groups in total. The molecule has 0 amide bonds. The van der Waals surface area contributed by atoms with Crippen molar-refractivity contribution >= 4 is 27.9 Å². The standard InChI is InChI=1S/C14H18BrNO/c1-10-5-11(2)8-16(7-10)14-6-13(15)4-3-12(14)9-17/h3-4,6,9-11H,5,7-8H2,1-2H3. The third-order valence-corrected chi connectivity index (χ3v) is 3.82. The van der Waals surface area contributed by atoms with Crippen molar-refractivity contribution in [3.8, 4) is 0 Å². The topological polar surface area (TPSA) is 20.3 Å². The van der Waals surface area contributed by atoms with Crippen LogP contribution in [-0.2, 0) is 0 Å². The predicted octanol–water partition coefficient (Wildman–Crippen LogP) is 3.74. The van der Waals surface area contributed by atoms with Crippen molar-refractivity contribution in [2.45, 2.75) is 20.3 Å². The Morgan fingerprint density at radius 2 is 1.94 bits per heavy atom. The van der Waals surface area contributed by atoms with Crippen molar-refractivity contribution < 1.29 is 4.79 Å². The first-order valence-electron chi connectivity index (χ1n) is 6.10. The van der Waals surface area contributed by atoms with Gasteiger partial charge in [-0.3, -0.25) is 4.79 Å². The van der Waals surface area contributed by atoms with E-state index in [4.69, 9.17) is 0 Å². The first-order chi connectivity index (χ1) is 8.10. The number of hydrogen-bond acceptors (Lipinski definition) is 2. The van der Waals surface area contributed by atoms with Crippen LogP contribution < -0.4 is 4.90 Å². The Balaban J connectivity index is 2.31. The van der Waals surface area contributed by atoms with Crippen molar-refractivity contribution in [2.75, 3.05) is 18.0 Å². The van der Waals surface area contributed by atoms with Crippen LogP contribution in [0.3, 0.4) is 0 Å². The van der Waals surface area contributed by atoms with Crippen LogP contribution in [0.1, 0.15) is 30.6 Å². The fourth-order valence-electron chi connectivity index (χ4n) is 2.75. The molecule has 0 saturated carbocycles. The summed E-state index contributed by atoms with van der Waals surface area (Å²) >= 11 is 3.48. The van der Waals surface area contributed by atoms with E-state index in [0.29, 0.717) is 11.8 Å². The van der Waals surface area contributed by atoms with Crippen LogP contribution in [0.15, 0.2) is 22.7 Å². The van der Waals surface area contributed by atoms with Crippen molar-refractivity contribution in [1.82, 2.24) is 0 Å². The minimum atomic E-state index is 0.692. The second-order valence-corrected chi connectivity index (χ2v) is 6.09. The van der Waals surface area contributed by atoms with Crippen molar-refractivity contribution in [3.05, 3.63) is 28.2 Å². The summed E-state index contributed by atoms with van der Waals surface area (Å²) < 4.78 is 1.03. The number of benzene rings is 1. The number of aldehydes is 1. The highest BCUT2D eigenvalue weighted by Gasteiger charge is 2.23. The van der Waals surface area contributed by atoms with Crippen LogP contribution in [0.4, 0.5) is 5.69 Å². The fraction of sp³-hybridized carbons (Fsp3) is 0.500. The summed E-state index contributed by atoms with van der Waals surface area (Å²) in [5, 5.41) is 0. The van der Waals surface area contributed by atoms with Gasteiger partial charge in [0.05, 0.1) is 0 Å². The van der Waals surface area contributed by atoms with Crippen LogP contribution in [0, 0.1) is 11.8 Å². The van der Waals surface area contributed by atoms with Gasteiger partial charge in [0.2, 0.25) is 0 Å². The molecule has 0 aliphatic carbocycles. The summed E-state index contributed by atoms with van der Waals surface area (Å²) in [7, 11) is 0. The van der Waals surface area contributed by atoms with E-state index in [-0.39, 0.29) is 0 Å². The Morgan fingerprint density at radius 3 is 2.53 bits per heavy atom. The minimum absolute atomic E-state index is 0.692. The summed E-state index contributed by atoms with van der Waals surface area (Å²) in [6, 6.07) is 5.86. The van der Waals surface area contributed by atoms with E-state index in [1.54, 1.807) is 0 Å². The summed E-state index contributed by atoms with van der Waals surface area (Å²) in [5.41, 5.74) is 1.85. The van der Waals surface area contributed by atoms with Gasteiger partial charge in [-0.2, -0.15) is 0 Å². The second-order valence-electron chi connectivity index (χ2n) is 5.17. The molecule has 1 aliphatic rings. The number of anilines is 1. The zero-order valence-electron chi connectivity index (χ0n) is 10.3. The van der Waals surface area contributed by atoms with E-state index in [9.17, 15) is 4.79 Å². The van der Waals surface area contributed by atoms with Crippen LogP contribution >= 0.6 is 15.9 Å². The molecule has 1 heterocycles. The molecule has 1 aromatic rings. The predicted molar refractivity (Wildman–Crippen MR) is 74.7 cm³/mol. The van der Waals surface area contributed by atoms with Gasteiger partial charge in [0, 0.05) is 28.8 Å². The average Bonchev–Trinajstić information content (AvgIpc) is 2.27. The Hall–Kier alpha value is -0.830. The Bertz CT molecular complexity index is 409. The van der Waals surface area contributed by atoms with Gasteiger partial charge in [-0.25, -0.2) is 0 Å². The maximum absolute atomic E-state index is 11.1. The number of hydrogen-bond donors (Lipinski definition) is 0. The van der Waals surface area contributed by atoms with Crippen molar-refractivity contribution in [1.29, 1.82) is 0 Å². The van der Waals surface area contributed by atoms with Crippen LogP contribution in [-0.4, -0.2) is 19.4 Å². The van der Waals surface area contributed by atoms with E-state index in [0.717, 1.165) is 35.1 Å². The highest BCUT2D eigenvalue weighted by molar-refractivity contribution is 9.10. The number of rotatable bonds is 2. The van der Waals surface area contributed by atoms with E-state index < -0.39 is 0 Å². The van der Waals surface area contributed by atoms with E-state index in [2.05, 4.69) is 40.7 Å². The molecule has 2 atom stereocenters. The zero-order chi connectivity index (χ0) is 12.4. The monoisotopic (exact) mass is 295 g/mol. The molecule has 1 fully saturated rings. The smallest absolute Gasteiger partial charge is 0.152 e. The van der Waals surface area contributed by atoms with Gasteiger partial charge in [-0.15, -0.1) is 0 Å². The van der Waals surface area contributed by atoms with E-state index >= 15 is 0 Å². The third kappa shape index (κ3) is 2.89. The molecule has 0 bridgehead atoms. The Kier molecular flexibility index (Phi) is 3.87. The van der Waals surface area contributed by atoms with E-state index in [1.165, 1.54) is 6.42 Å². The molecule has 92 valence electrons. The van der Waals surface area contributed by atoms with Gasteiger partial charge in [-0.05, 0) is 36.5 Å². The van der Waals surface area contributed by atoms with Gasteiger partial charge in [0.15, 0.2) is 6.29 Å². The van der Waals surface area contributed by atoms with Gasteiger partial charge in [-0.1, -0.05) is 29.8 Å². The highest BCUT2D eigenvalue weighted by atomic mass is 79.9. The maximum Gasteiger partial charge on any atom is 0.152 e. The number of carbonyl (C=O) groups is 1. The molecular weight excluding hydrogens is 278 g/mol. The second kappa shape index (κ2) is 5.21. The van der Waals surface area contributed by atoms with Crippen molar-refractivity contribution in [3.63, 3.8) is 0 Å². The summed E-state index contributed by atoms with van der Waals surface area (Å²) in [5.74, 6) is 1.38. The summed E-state index contributed by atoms with van der Waals surface area (Å²) in [6.07, 6.45) is 2.23. The molecule has 3 heteroatoms. The molecule has 1 aromatic carbocycles. The zero-order valence-corrected chi connectivity index (χ0v) is 11.9. The largest absolute Gasteiger partial charge is 0.370 e. The molecule has 1 saturated heterocycles. The Morgan fingerprint density at radius 1 is 1.29 bits per heavy atom. The van der Waals surface area contributed by atoms with E-state index in [1.807, 2.05) is 12.1 Å². The lowest BCUT2D eigenvalue weighted by molar-refractivity contribution is 0.112. The lowest BCUT2D eigenvalue weighted by atomic mass is 9.91. The highest BCUT2D eigenvalue weighted by Crippen LogP contribution is 2.30. The minimum Gasteiger partial charge on any atom is -0.370 e. The molecule has 0 radical (unpaired) electrons. The van der Waals surface area contributed by atoms with Crippen LogP contribution in [0.2, 0.25) is 0 Å². The number of piperidine rings is 1. The van der Waals surface area contributed by atoms with Crippen molar-refractivity contribution in [2.24, 2.45) is 11.8 Å². The molecule has 2 unspecified atom stereocenters. The lowest BCUT2D eigenvalue weighted by Gasteiger charge is -2.37. The normalized spacial score (nSPS) is 24.8. The Labute approximate surface area is 111 Å². The number of nitrogens with zero attached hydrogens (tertiary/aromatic N) is 1. The SMILES string of the molecule is CC1CC(C)CN(c2cc(Br)ccc2C=O)C1. The molecular formula is C14H18BrNO. The maximum atomic E-state index is 11.1. The first kappa shape index (κ1) is 12.6. The average molecular weight is 296 g/mol. The molecule has 0 spiro atoms. The number of halogens is 1. The third-order valence-electron chi connectivity index (χ3n) is 3.33. The van der Waals surface area contributed by atoms with Crippen LogP contribution in [0.5, 0.6) is 0 Å². The first-order valence-corrected chi connectivity index (χ1v) is 6.89.